The van der Waals surface area contributed by atoms with Gasteiger partial charge >= 0.3 is 0 Å². The minimum absolute atomic E-state index is 0.0521. The Hall–Kier alpha value is -5.18. The molecule has 9 heteroatoms. The van der Waals surface area contributed by atoms with Crippen LogP contribution in [0.4, 0.5) is 5.69 Å². The summed E-state index contributed by atoms with van der Waals surface area (Å²) in [5.74, 6) is 1.98. The van der Waals surface area contributed by atoms with Crippen molar-refractivity contribution >= 4 is 27.7 Å². The fourth-order valence-corrected chi connectivity index (χ4v) is 5.44. The van der Waals surface area contributed by atoms with Gasteiger partial charge in [0.2, 0.25) is 5.88 Å². The van der Waals surface area contributed by atoms with Gasteiger partial charge in [0.25, 0.3) is 5.69 Å². The number of benzene rings is 3. The van der Waals surface area contributed by atoms with Gasteiger partial charge in [-0.05, 0) is 70.7 Å². The Balaban J connectivity index is 1.53. The standard InChI is InChI=1S/C32H28N4O5/c1-4-26(20-7-5-8-24(13-20)36(37)38)31-27-9-6-12-33-32(27)41-19-23-15-29-22(14-28(23)31)17-34-35(29)18-21-10-11-25(39-2)16-30(21)40-3/h5-17H,4,18-19H2,1-3H3. The van der Waals surface area contributed by atoms with Gasteiger partial charge in [0.05, 0.1) is 37.4 Å². The average molecular weight is 549 g/mol. The fourth-order valence-electron chi connectivity index (χ4n) is 5.44. The topological polar surface area (TPSA) is 102 Å². The lowest BCUT2D eigenvalue weighted by Gasteiger charge is -2.17. The van der Waals surface area contributed by atoms with Crippen LogP contribution >= 0.6 is 0 Å². The first-order valence-corrected chi connectivity index (χ1v) is 13.3. The van der Waals surface area contributed by atoms with E-state index in [4.69, 9.17) is 19.3 Å². The summed E-state index contributed by atoms with van der Waals surface area (Å²) in [6.45, 7) is 2.89. The number of methoxy groups -OCH3 is 2. The molecule has 2 aromatic heterocycles. The number of hydrogen-bond donors (Lipinski definition) is 0. The molecule has 0 radical (unpaired) electrons. The first kappa shape index (κ1) is 26.1. The summed E-state index contributed by atoms with van der Waals surface area (Å²) < 4.78 is 19.1. The van der Waals surface area contributed by atoms with Crippen molar-refractivity contribution in [2.24, 2.45) is 0 Å². The van der Waals surface area contributed by atoms with Crippen molar-refractivity contribution in [3.05, 3.63) is 117 Å². The fraction of sp³-hybridized carbons (Fsp3) is 0.188. The molecule has 41 heavy (non-hydrogen) atoms. The van der Waals surface area contributed by atoms with Crippen molar-refractivity contribution in [3.8, 4) is 17.4 Å². The van der Waals surface area contributed by atoms with E-state index in [9.17, 15) is 10.1 Å². The van der Waals surface area contributed by atoms with Gasteiger partial charge < -0.3 is 14.2 Å². The molecule has 0 amide bonds. The number of aromatic nitrogens is 3. The van der Waals surface area contributed by atoms with E-state index in [-0.39, 0.29) is 10.6 Å². The molecule has 5 aromatic rings. The molecule has 0 spiro atoms. The predicted molar refractivity (Wildman–Crippen MR) is 156 cm³/mol. The van der Waals surface area contributed by atoms with E-state index < -0.39 is 0 Å². The molecule has 0 aliphatic carbocycles. The molecule has 3 aromatic carbocycles. The largest absolute Gasteiger partial charge is 0.497 e. The summed E-state index contributed by atoms with van der Waals surface area (Å²) in [6, 6.07) is 20.6. The molecule has 3 heterocycles. The number of nitro benzene ring substituents is 1. The van der Waals surface area contributed by atoms with E-state index in [0.717, 1.165) is 61.4 Å². The Labute approximate surface area is 236 Å². The van der Waals surface area contributed by atoms with E-state index in [1.165, 1.54) is 6.07 Å². The molecule has 1 aliphatic heterocycles. The third-order valence-electron chi connectivity index (χ3n) is 7.42. The predicted octanol–water partition coefficient (Wildman–Crippen LogP) is 6.67. The first-order valence-electron chi connectivity index (χ1n) is 13.3. The van der Waals surface area contributed by atoms with Gasteiger partial charge in [0.15, 0.2) is 0 Å². The number of pyridine rings is 1. The Morgan fingerprint density at radius 3 is 2.71 bits per heavy atom. The normalized spacial score (nSPS) is 13.5. The van der Waals surface area contributed by atoms with Gasteiger partial charge in [0.1, 0.15) is 18.1 Å². The van der Waals surface area contributed by atoms with E-state index in [1.807, 2.05) is 47.3 Å². The zero-order chi connectivity index (χ0) is 28.5. The monoisotopic (exact) mass is 548 g/mol. The van der Waals surface area contributed by atoms with Crippen LogP contribution in [-0.2, 0) is 13.2 Å². The second-order valence-corrected chi connectivity index (χ2v) is 9.71. The highest BCUT2D eigenvalue weighted by Gasteiger charge is 2.25. The van der Waals surface area contributed by atoms with Gasteiger partial charge in [-0.25, -0.2) is 4.98 Å². The number of nitrogens with zero attached hydrogens (tertiary/aromatic N) is 4. The van der Waals surface area contributed by atoms with E-state index >= 15 is 0 Å². The third-order valence-corrected chi connectivity index (χ3v) is 7.42. The Bertz CT molecular complexity index is 1820. The molecule has 0 N–H and O–H groups in total. The highest BCUT2D eigenvalue weighted by atomic mass is 16.6. The molecule has 206 valence electrons. The SMILES string of the molecule is CCC(=C1c2cc3cnn(Cc4ccc(OC)cc4OC)c3cc2COc2ncccc21)c1cccc([N+](=O)[O-])c1. The summed E-state index contributed by atoms with van der Waals surface area (Å²) in [5.41, 5.74) is 7.53. The second kappa shape index (κ2) is 10.8. The Kier molecular flexibility index (Phi) is 6.84. The lowest BCUT2D eigenvalue weighted by molar-refractivity contribution is -0.384. The lowest BCUT2D eigenvalue weighted by atomic mass is 9.86. The molecule has 0 fully saturated rings. The van der Waals surface area contributed by atoms with E-state index in [1.54, 1.807) is 32.5 Å². The van der Waals surface area contributed by atoms with Gasteiger partial charge in [0, 0.05) is 40.9 Å². The van der Waals surface area contributed by atoms with Crippen LogP contribution in [0.3, 0.4) is 0 Å². The van der Waals surface area contributed by atoms with Crippen LogP contribution in [0.25, 0.3) is 22.0 Å². The summed E-state index contributed by atoms with van der Waals surface area (Å²) in [7, 11) is 3.27. The number of ether oxygens (including phenoxy) is 3. The summed E-state index contributed by atoms with van der Waals surface area (Å²) >= 11 is 0. The van der Waals surface area contributed by atoms with Crippen LogP contribution < -0.4 is 14.2 Å². The van der Waals surface area contributed by atoms with Crippen LogP contribution in [0.2, 0.25) is 0 Å². The van der Waals surface area contributed by atoms with Crippen molar-refractivity contribution in [2.75, 3.05) is 14.2 Å². The lowest BCUT2D eigenvalue weighted by Crippen LogP contribution is -2.05. The quantitative estimate of drug-likeness (QED) is 0.165. The van der Waals surface area contributed by atoms with Gasteiger partial charge in [-0.1, -0.05) is 19.1 Å². The molecule has 0 unspecified atom stereocenters. The van der Waals surface area contributed by atoms with Crippen LogP contribution in [0.5, 0.6) is 17.4 Å². The molecule has 0 saturated heterocycles. The van der Waals surface area contributed by atoms with Crippen molar-refractivity contribution in [1.82, 2.24) is 14.8 Å². The van der Waals surface area contributed by atoms with Crippen LogP contribution in [-0.4, -0.2) is 33.9 Å². The number of hydrogen-bond acceptors (Lipinski definition) is 7. The molecule has 1 aliphatic rings. The smallest absolute Gasteiger partial charge is 0.270 e. The number of nitro groups is 1. The van der Waals surface area contributed by atoms with Crippen molar-refractivity contribution < 1.29 is 19.1 Å². The summed E-state index contributed by atoms with van der Waals surface area (Å²) in [4.78, 5) is 15.7. The number of non-ortho nitro benzene ring substituents is 1. The third kappa shape index (κ3) is 4.75. The molecule has 0 bridgehead atoms. The van der Waals surface area contributed by atoms with Crippen molar-refractivity contribution in [3.63, 3.8) is 0 Å². The van der Waals surface area contributed by atoms with Gasteiger partial charge in [-0.15, -0.1) is 0 Å². The van der Waals surface area contributed by atoms with Crippen LogP contribution in [0.15, 0.2) is 79.1 Å². The van der Waals surface area contributed by atoms with E-state index in [2.05, 4.69) is 24.0 Å². The zero-order valence-corrected chi connectivity index (χ0v) is 23.0. The Morgan fingerprint density at radius 2 is 1.93 bits per heavy atom. The molecule has 0 atom stereocenters. The van der Waals surface area contributed by atoms with Crippen LogP contribution in [0, 0.1) is 10.1 Å². The zero-order valence-electron chi connectivity index (χ0n) is 23.0. The average Bonchev–Trinajstić information content (AvgIpc) is 3.32. The molecule has 6 rings (SSSR count). The molecule has 9 nitrogen and oxygen atoms in total. The van der Waals surface area contributed by atoms with Crippen molar-refractivity contribution in [2.45, 2.75) is 26.5 Å². The highest BCUT2D eigenvalue weighted by molar-refractivity contribution is 6.02. The van der Waals surface area contributed by atoms with Gasteiger partial charge in [-0.2, -0.15) is 5.10 Å². The highest BCUT2D eigenvalue weighted by Crippen LogP contribution is 2.43. The molecular weight excluding hydrogens is 520 g/mol. The summed E-state index contributed by atoms with van der Waals surface area (Å²) in [5, 5.41) is 17.3. The summed E-state index contributed by atoms with van der Waals surface area (Å²) in [6.07, 6.45) is 4.22. The number of allylic oxidation sites excluding steroid dienone is 1. The van der Waals surface area contributed by atoms with Crippen molar-refractivity contribution in [1.29, 1.82) is 0 Å². The first-order chi connectivity index (χ1) is 20.0. The molecule has 0 saturated carbocycles. The minimum atomic E-state index is -0.364. The van der Waals surface area contributed by atoms with Gasteiger partial charge in [-0.3, -0.25) is 14.8 Å². The molecular formula is C32H28N4O5. The van der Waals surface area contributed by atoms with E-state index in [0.29, 0.717) is 25.5 Å². The maximum atomic E-state index is 11.6. The maximum Gasteiger partial charge on any atom is 0.270 e. The maximum absolute atomic E-state index is 11.6. The number of rotatable bonds is 7. The van der Waals surface area contributed by atoms with Crippen LogP contribution in [0.1, 0.15) is 41.2 Å². The second-order valence-electron chi connectivity index (χ2n) is 9.71. The number of fused-ring (bicyclic) bond motifs is 3. The minimum Gasteiger partial charge on any atom is -0.497 e. The Morgan fingerprint density at radius 1 is 1.05 bits per heavy atom.